The topological polar surface area (TPSA) is 80.4 Å². The first kappa shape index (κ1) is 21.6. The monoisotopic (exact) mass is 327 g/mol. The molecule has 0 aromatic heterocycles. The van der Waals surface area contributed by atoms with Crippen LogP contribution in [0.4, 0.5) is 0 Å². The van der Waals surface area contributed by atoms with Gasteiger partial charge in [0.2, 0.25) is 5.70 Å². The van der Waals surface area contributed by atoms with Crippen LogP contribution in [0.2, 0.25) is 0 Å². The Morgan fingerprint density at radius 2 is 1.39 bits per heavy atom. The molecule has 0 aliphatic carbocycles. The molecule has 0 saturated carbocycles. The standard InChI is InChI=1S/C18H33NO4/c1-2-3-4-5-6-7-8-9-10-11-12-13-14-17(19(22)23)15-16-18(20)21/h14H,2-13,15-16H2,1H3,(H,20,21)/b17-14+. The van der Waals surface area contributed by atoms with Gasteiger partial charge in [-0.05, 0) is 18.9 Å². The van der Waals surface area contributed by atoms with E-state index in [4.69, 9.17) is 5.11 Å². The molecule has 134 valence electrons. The minimum Gasteiger partial charge on any atom is -0.481 e. The number of unbranched alkanes of at least 4 members (excludes halogenated alkanes) is 11. The Morgan fingerprint density at radius 1 is 0.913 bits per heavy atom. The summed E-state index contributed by atoms with van der Waals surface area (Å²) in [4.78, 5) is 20.8. The fourth-order valence-electron chi connectivity index (χ4n) is 2.58. The van der Waals surface area contributed by atoms with E-state index in [1.165, 1.54) is 57.8 Å². The van der Waals surface area contributed by atoms with Crippen LogP contribution in [-0.4, -0.2) is 16.0 Å². The molecule has 0 unspecified atom stereocenters. The molecule has 0 saturated heterocycles. The van der Waals surface area contributed by atoms with Crippen molar-refractivity contribution in [1.29, 1.82) is 0 Å². The molecule has 0 amide bonds. The molecule has 0 aliphatic heterocycles. The molecule has 0 fully saturated rings. The third kappa shape index (κ3) is 15.3. The Hall–Kier alpha value is -1.39. The van der Waals surface area contributed by atoms with Gasteiger partial charge in [-0.2, -0.15) is 0 Å². The molecule has 1 N–H and O–H groups in total. The first-order valence-electron chi connectivity index (χ1n) is 9.13. The number of carboxylic acids is 1. The minimum absolute atomic E-state index is 0.0143. The minimum atomic E-state index is -0.993. The third-order valence-corrected chi connectivity index (χ3v) is 4.02. The molecule has 23 heavy (non-hydrogen) atoms. The number of carbonyl (C=O) groups is 1. The van der Waals surface area contributed by atoms with E-state index >= 15 is 0 Å². The average Bonchev–Trinajstić information content (AvgIpc) is 2.50. The first-order valence-corrected chi connectivity index (χ1v) is 9.13. The van der Waals surface area contributed by atoms with Crippen LogP contribution in [0.5, 0.6) is 0 Å². The molecular formula is C18H33NO4. The lowest BCUT2D eigenvalue weighted by Gasteiger charge is -2.02. The van der Waals surface area contributed by atoms with Crippen LogP contribution in [0.1, 0.15) is 96.8 Å². The highest BCUT2D eigenvalue weighted by atomic mass is 16.6. The Labute approximate surface area is 140 Å². The van der Waals surface area contributed by atoms with Gasteiger partial charge >= 0.3 is 5.97 Å². The maximum Gasteiger partial charge on any atom is 0.303 e. The van der Waals surface area contributed by atoms with Crippen molar-refractivity contribution in [1.82, 2.24) is 0 Å². The van der Waals surface area contributed by atoms with Crippen molar-refractivity contribution in [2.24, 2.45) is 0 Å². The Kier molecular flexibility index (Phi) is 14.6. The molecule has 0 atom stereocenters. The van der Waals surface area contributed by atoms with Crippen molar-refractivity contribution in [3.05, 3.63) is 21.9 Å². The number of hydrogen-bond acceptors (Lipinski definition) is 3. The van der Waals surface area contributed by atoms with Crippen LogP contribution in [0.25, 0.3) is 0 Å². The average molecular weight is 327 g/mol. The van der Waals surface area contributed by atoms with Crippen molar-refractivity contribution < 1.29 is 14.8 Å². The van der Waals surface area contributed by atoms with Crippen molar-refractivity contribution >= 4 is 5.97 Å². The number of nitro groups is 1. The quantitative estimate of drug-likeness (QED) is 0.223. The van der Waals surface area contributed by atoms with Gasteiger partial charge in [-0.15, -0.1) is 0 Å². The summed E-state index contributed by atoms with van der Waals surface area (Å²) in [6.45, 7) is 2.23. The van der Waals surface area contributed by atoms with Gasteiger partial charge in [0, 0.05) is 6.42 Å². The summed E-state index contributed by atoms with van der Waals surface area (Å²) < 4.78 is 0. The summed E-state index contributed by atoms with van der Waals surface area (Å²) in [5, 5.41) is 19.4. The summed E-state index contributed by atoms with van der Waals surface area (Å²) in [5.74, 6) is -0.993. The third-order valence-electron chi connectivity index (χ3n) is 4.02. The van der Waals surface area contributed by atoms with Crippen LogP contribution >= 0.6 is 0 Å². The number of nitrogens with zero attached hydrogens (tertiary/aromatic N) is 1. The molecule has 0 rings (SSSR count). The van der Waals surface area contributed by atoms with Crippen molar-refractivity contribution in [2.75, 3.05) is 0 Å². The van der Waals surface area contributed by atoms with Crippen LogP contribution in [-0.2, 0) is 4.79 Å². The number of hydrogen-bond donors (Lipinski definition) is 1. The zero-order valence-electron chi connectivity index (χ0n) is 14.6. The summed E-state index contributed by atoms with van der Waals surface area (Å²) in [6.07, 6.45) is 15.9. The molecule has 0 spiro atoms. The first-order chi connectivity index (χ1) is 11.1. The van der Waals surface area contributed by atoms with Gasteiger partial charge in [-0.1, -0.05) is 71.1 Å². The largest absolute Gasteiger partial charge is 0.481 e. The van der Waals surface area contributed by atoms with Gasteiger partial charge < -0.3 is 5.11 Å². The lowest BCUT2D eigenvalue weighted by atomic mass is 10.0. The molecule has 0 aromatic rings. The van der Waals surface area contributed by atoms with Gasteiger partial charge in [0.15, 0.2) is 0 Å². The van der Waals surface area contributed by atoms with Crippen molar-refractivity contribution in [3.8, 4) is 0 Å². The molecule has 5 nitrogen and oxygen atoms in total. The molecular weight excluding hydrogens is 294 g/mol. The molecule has 0 aromatic carbocycles. The molecule has 0 radical (unpaired) electrons. The van der Waals surface area contributed by atoms with E-state index < -0.39 is 10.9 Å². The van der Waals surface area contributed by atoms with Gasteiger partial charge in [0.05, 0.1) is 11.3 Å². The SMILES string of the molecule is CCCCCCCCCCCCC/C=C(\CCC(=O)O)[N+](=O)[O-]. The summed E-state index contributed by atoms with van der Waals surface area (Å²) in [7, 11) is 0. The highest BCUT2D eigenvalue weighted by Crippen LogP contribution is 2.13. The lowest BCUT2D eigenvalue weighted by molar-refractivity contribution is -0.428. The van der Waals surface area contributed by atoms with Crippen LogP contribution < -0.4 is 0 Å². The van der Waals surface area contributed by atoms with E-state index in [-0.39, 0.29) is 18.5 Å². The smallest absolute Gasteiger partial charge is 0.303 e. The van der Waals surface area contributed by atoms with E-state index in [1.54, 1.807) is 6.08 Å². The second kappa shape index (κ2) is 15.5. The molecule has 5 heteroatoms. The van der Waals surface area contributed by atoms with E-state index in [0.717, 1.165) is 12.8 Å². The van der Waals surface area contributed by atoms with Gasteiger partial charge in [0.25, 0.3) is 0 Å². The number of carboxylic acid groups (broad SMARTS) is 1. The van der Waals surface area contributed by atoms with Crippen LogP contribution in [0, 0.1) is 10.1 Å². The zero-order chi connectivity index (χ0) is 17.3. The van der Waals surface area contributed by atoms with E-state index in [0.29, 0.717) is 6.42 Å². The molecule has 0 aliphatic rings. The number of aliphatic carboxylic acids is 1. The maximum absolute atomic E-state index is 10.8. The summed E-state index contributed by atoms with van der Waals surface area (Å²) in [5.41, 5.74) is 0.0412. The van der Waals surface area contributed by atoms with Gasteiger partial charge in [0.1, 0.15) is 0 Å². The Bertz CT molecular complexity index is 353. The molecule has 0 bridgehead atoms. The highest BCUT2D eigenvalue weighted by molar-refractivity contribution is 5.66. The lowest BCUT2D eigenvalue weighted by Crippen LogP contribution is -2.03. The maximum atomic E-state index is 10.8. The number of allylic oxidation sites excluding steroid dienone is 2. The predicted octanol–water partition coefficient (Wildman–Crippen LogP) is 5.71. The fraction of sp³-hybridized carbons (Fsp3) is 0.833. The second-order valence-electron chi connectivity index (χ2n) is 6.17. The highest BCUT2D eigenvalue weighted by Gasteiger charge is 2.11. The predicted molar refractivity (Wildman–Crippen MR) is 93.0 cm³/mol. The van der Waals surface area contributed by atoms with Gasteiger partial charge in [-0.3, -0.25) is 14.9 Å². The fourth-order valence-corrected chi connectivity index (χ4v) is 2.58. The van der Waals surface area contributed by atoms with Crippen molar-refractivity contribution in [3.63, 3.8) is 0 Å². The van der Waals surface area contributed by atoms with Crippen molar-refractivity contribution in [2.45, 2.75) is 96.8 Å². The summed E-state index contributed by atoms with van der Waals surface area (Å²) >= 11 is 0. The number of rotatable bonds is 16. The van der Waals surface area contributed by atoms with E-state index in [1.807, 2.05) is 0 Å². The normalized spacial score (nSPS) is 11.6. The van der Waals surface area contributed by atoms with Crippen LogP contribution in [0.3, 0.4) is 0 Å². The van der Waals surface area contributed by atoms with Gasteiger partial charge in [-0.25, -0.2) is 0 Å². The summed E-state index contributed by atoms with van der Waals surface area (Å²) in [6, 6.07) is 0. The second-order valence-corrected chi connectivity index (χ2v) is 6.17. The zero-order valence-corrected chi connectivity index (χ0v) is 14.6. The van der Waals surface area contributed by atoms with E-state index in [9.17, 15) is 14.9 Å². The van der Waals surface area contributed by atoms with E-state index in [2.05, 4.69) is 6.92 Å². The Balaban J connectivity index is 3.53. The van der Waals surface area contributed by atoms with Crippen LogP contribution in [0.15, 0.2) is 11.8 Å². The Morgan fingerprint density at radius 3 is 1.83 bits per heavy atom. The molecule has 0 heterocycles.